The van der Waals surface area contributed by atoms with Crippen LogP contribution in [0.4, 0.5) is 5.82 Å². The lowest BCUT2D eigenvalue weighted by molar-refractivity contribution is -0.0196. The third kappa shape index (κ3) is 3.14. The maximum absolute atomic E-state index is 5.73. The van der Waals surface area contributed by atoms with Crippen molar-refractivity contribution in [3.05, 3.63) is 18.6 Å². The average molecular weight is 208 g/mol. The molecule has 82 valence electrons. The van der Waals surface area contributed by atoms with Gasteiger partial charge in [0.1, 0.15) is 5.82 Å². The summed E-state index contributed by atoms with van der Waals surface area (Å²) in [6.07, 6.45) is 5.53. The maximum Gasteiger partial charge on any atom is 0.144 e. The zero-order chi connectivity index (χ0) is 10.5. The van der Waals surface area contributed by atoms with Crippen LogP contribution < -0.4 is 10.6 Å². The van der Waals surface area contributed by atoms with Crippen LogP contribution in [0.2, 0.25) is 0 Å². The predicted molar refractivity (Wildman–Crippen MR) is 57.7 cm³/mol. The summed E-state index contributed by atoms with van der Waals surface area (Å²) in [5.41, 5.74) is 0. The van der Waals surface area contributed by atoms with E-state index in [2.05, 4.69) is 27.5 Å². The van der Waals surface area contributed by atoms with Gasteiger partial charge in [0.15, 0.2) is 0 Å². The minimum atomic E-state index is 0.204. The first kappa shape index (κ1) is 10.3. The fraction of sp³-hybridized carbons (Fsp3) is 0.600. The van der Waals surface area contributed by atoms with E-state index in [4.69, 9.17) is 4.74 Å². The van der Waals surface area contributed by atoms with Crippen molar-refractivity contribution in [2.75, 3.05) is 25.0 Å². The molecule has 1 fully saturated rings. The molecule has 2 atom stereocenters. The van der Waals surface area contributed by atoms with Gasteiger partial charge in [-0.25, -0.2) is 4.98 Å². The number of aromatic nitrogens is 2. The molecule has 5 nitrogen and oxygen atoms in total. The van der Waals surface area contributed by atoms with Crippen molar-refractivity contribution in [1.82, 2.24) is 15.3 Å². The van der Waals surface area contributed by atoms with Gasteiger partial charge in [0, 0.05) is 32.0 Å². The molecule has 1 saturated heterocycles. The van der Waals surface area contributed by atoms with Crippen LogP contribution in [-0.4, -0.2) is 41.8 Å². The summed E-state index contributed by atoms with van der Waals surface area (Å²) in [7, 11) is 0. The zero-order valence-corrected chi connectivity index (χ0v) is 8.81. The topological polar surface area (TPSA) is 59.1 Å². The van der Waals surface area contributed by atoms with E-state index in [1.165, 1.54) is 0 Å². The Bertz CT molecular complexity index is 293. The summed E-state index contributed by atoms with van der Waals surface area (Å²) in [5, 5.41) is 6.52. The van der Waals surface area contributed by atoms with Crippen LogP contribution in [0, 0.1) is 0 Å². The normalized spacial score (nSPS) is 26.2. The van der Waals surface area contributed by atoms with Crippen molar-refractivity contribution in [3.8, 4) is 0 Å². The first-order chi connectivity index (χ1) is 7.34. The highest BCUT2D eigenvalue weighted by molar-refractivity contribution is 5.29. The van der Waals surface area contributed by atoms with Crippen LogP contribution in [0.25, 0.3) is 0 Å². The molecule has 2 rings (SSSR count). The van der Waals surface area contributed by atoms with E-state index in [1.807, 2.05) is 0 Å². The standard InChI is InChI=1S/C10H16N4O/c1-8-4-12-5-9(15-8)6-14-10-7-11-2-3-13-10/h2-3,7-9,12H,4-6H2,1H3,(H,13,14)/t8-,9+/m1/s1. The lowest BCUT2D eigenvalue weighted by Gasteiger charge is -2.28. The Kier molecular flexibility index (Phi) is 3.47. The van der Waals surface area contributed by atoms with E-state index in [1.54, 1.807) is 18.6 Å². The third-order valence-corrected chi connectivity index (χ3v) is 2.30. The molecule has 1 aliphatic rings. The number of morpholine rings is 1. The molecule has 1 aromatic rings. The highest BCUT2D eigenvalue weighted by Crippen LogP contribution is 2.04. The van der Waals surface area contributed by atoms with Gasteiger partial charge in [-0.1, -0.05) is 0 Å². The molecule has 2 heterocycles. The lowest BCUT2D eigenvalue weighted by atomic mass is 10.2. The molecule has 0 aromatic carbocycles. The molecular formula is C10H16N4O. The maximum atomic E-state index is 5.73. The molecule has 0 unspecified atom stereocenters. The Balaban J connectivity index is 1.78. The molecule has 1 aliphatic heterocycles. The molecular weight excluding hydrogens is 192 g/mol. The molecule has 0 radical (unpaired) electrons. The van der Waals surface area contributed by atoms with E-state index >= 15 is 0 Å². The monoisotopic (exact) mass is 208 g/mol. The van der Waals surface area contributed by atoms with Gasteiger partial charge in [-0.2, -0.15) is 0 Å². The van der Waals surface area contributed by atoms with Crippen molar-refractivity contribution in [2.24, 2.45) is 0 Å². The van der Waals surface area contributed by atoms with Gasteiger partial charge < -0.3 is 15.4 Å². The van der Waals surface area contributed by atoms with Gasteiger partial charge in [0.25, 0.3) is 0 Å². The number of ether oxygens (including phenoxy) is 1. The summed E-state index contributed by atoms with van der Waals surface area (Å²) in [6.45, 7) is 4.65. The van der Waals surface area contributed by atoms with Crippen molar-refractivity contribution in [3.63, 3.8) is 0 Å². The second kappa shape index (κ2) is 5.04. The first-order valence-electron chi connectivity index (χ1n) is 5.20. The van der Waals surface area contributed by atoms with Crippen LogP contribution in [0.3, 0.4) is 0 Å². The van der Waals surface area contributed by atoms with Gasteiger partial charge >= 0.3 is 0 Å². The molecule has 0 spiro atoms. The Morgan fingerprint density at radius 2 is 2.47 bits per heavy atom. The SMILES string of the molecule is C[C@@H]1CNC[C@@H](CNc2cnccn2)O1. The van der Waals surface area contributed by atoms with E-state index < -0.39 is 0 Å². The molecule has 0 bridgehead atoms. The smallest absolute Gasteiger partial charge is 0.144 e. The number of nitrogens with zero attached hydrogens (tertiary/aromatic N) is 2. The fourth-order valence-electron chi connectivity index (χ4n) is 1.60. The number of hydrogen-bond acceptors (Lipinski definition) is 5. The summed E-state index contributed by atoms with van der Waals surface area (Å²) in [4.78, 5) is 8.11. The lowest BCUT2D eigenvalue weighted by Crippen LogP contribution is -2.46. The minimum Gasteiger partial charge on any atom is -0.371 e. The first-order valence-corrected chi connectivity index (χ1v) is 5.20. The second-order valence-electron chi connectivity index (χ2n) is 3.70. The molecule has 0 amide bonds. The number of hydrogen-bond donors (Lipinski definition) is 2. The minimum absolute atomic E-state index is 0.204. The van der Waals surface area contributed by atoms with Gasteiger partial charge in [-0.15, -0.1) is 0 Å². The van der Waals surface area contributed by atoms with E-state index in [9.17, 15) is 0 Å². The Hall–Kier alpha value is -1.20. The van der Waals surface area contributed by atoms with E-state index in [0.717, 1.165) is 25.5 Å². The number of rotatable bonds is 3. The van der Waals surface area contributed by atoms with Crippen LogP contribution in [0.15, 0.2) is 18.6 Å². The van der Waals surface area contributed by atoms with E-state index in [0.29, 0.717) is 0 Å². The zero-order valence-electron chi connectivity index (χ0n) is 8.81. The van der Waals surface area contributed by atoms with Crippen molar-refractivity contribution < 1.29 is 4.74 Å². The highest BCUT2D eigenvalue weighted by atomic mass is 16.5. The largest absolute Gasteiger partial charge is 0.371 e. The molecule has 0 saturated carbocycles. The van der Waals surface area contributed by atoms with Crippen LogP contribution in [0.1, 0.15) is 6.92 Å². The van der Waals surface area contributed by atoms with Crippen LogP contribution >= 0.6 is 0 Å². The van der Waals surface area contributed by atoms with Gasteiger partial charge in [-0.05, 0) is 6.92 Å². The van der Waals surface area contributed by atoms with Crippen molar-refractivity contribution in [2.45, 2.75) is 19.1 Å². The molecule has 5 heteroatoms. The summed E-state index contributed by atoms with van der Waals surface area (Å²) >= 11 is 0. The summed E-state index contributed by atoms with van der Waals surface area (Å²) in [6, 6.07) is 0. The third-order valence-electron chi connectivity index (χ3n) is 2.30. The Morgan fingerprint density at radius 1 is 1.53 bits per heavy atom. The summed E-state index contributed by atoms with van der Waals surface area (Å²) < 4.78 is 5.73. The van der Waals surface area contributed by atoms with Crippen LogP contribution in [-0.2, 0) is 4.74 Å². The fourth-order valence-corrected chi connectivity index (χ4v) is 1.60. The molecule has 0 aliphatic carbocycles. The molecule has 2 N–H and O–H groups in total. The van der Waals surface area contributed by atoms with Gasteiger partial charge in [0.2, 0.25) is 0 Å². The molecule has 15 heavy (non-hydrogen) atoms. The number of nitrogens with one attached hydrogen (secondary N) is 2. The predicted octanol–water partition coefficient (Wildman–Crippen LogP) is 0.265. The number of anilines is 1. The second-order valence-corrected chi connectivity index (χ2v) is 3.70. The Labute approximate surface area is 89.3 Å². The van der Waals surface area contributed by atoms with E-state index in [-0.39, 0.29) is 12.2 Å². The van der Waals surface area contributed by atoms with Gasteiger partial charge in [-0.3, -0.25) is 4.98 Å². The molecule has 1 aromatic heterocycles. The quantitative estimate of drug-likeness (QED) is 0.746. The van der Waals surface area contributed by atoms with Crippen molar-refractivity contribution in [1.29, 1.82) is 0 Å². The average Bonchev–Trinajstić information content (AvgIpc) is 2.28. The van der Waals surface area contributed by atoms with Crippen LogP contribution in [0.5, 0.6) is 0 Å². The Morgan fingerprint density at radius 3 is 3.20 bits per heavy atom. The van der Waals surface area contributed by atoms with Gasteiger partial charge in [0.05, 0.1) is 18.4 Å². The highest BCUT2D eigenvalue weighted by Gasteiger charge is 2.18. The van der Waals surface area contributed by atoms with Crippen molar-refractivity contribution >= 4 is 5.82 Å². The summed E-state index contributed by atoms with van der Waals surface area (Å²) in [5.74, 6) is 0.791.